The number of β-lactam (4-membered cyclic amide) rings is 1. The molecule has 2 atom stereocenters. The van der Waals surface area contributed by atoms with Crippen molar-refractivity contribution in [3.8, 4) is 11.8 Å². The molecule has 0 bridgehead atoms. The van der Waals surface area contributed by atoms with Crippen LogP contribution in [0.25, 0.3) is 0 Å². The van der Waals surface area contributed by atoms with Gasteiger partial charge < -0.3 is 19.3 Å². The van der Waals surface area contributed by atoms with Crippen LogP contribution in [0.4, 0.5) is 5.69 Å². The van der Waals surface area contributed by atoms with Crippen molar-refractivity contribution >= 4 is 17.5 Å². The van der Waals surface area contributed by atoms with E-state index in [1.165, 1.54) is 0 Å². The lowest BCUT2D eigenvalue weighted by Crippen LogP contribution is -2.74. The van der Waals surface area contributed by atoms with E-state index in [0.29, 0.717) is 6.54 Å². The molecule has 3 aromatic carbocycles. The molecular weight excluding hydrogens is 516 g/mol. The second kappa shape index (κ2) is 10.4. The summed E-state index contributed by atoms with van der Waals surface area (Å²) >= 11 is 0. The summed E-state index contributed by atoms with van der Waals surface area (Å²) in [5, 5.41) is 0. The van der Waals surface area contributed by atoms with Crippen LogP contribution in [0.15, 0.2) is 78.9 Å². The second-order valence-corrected chi connectivity index (χ2v) is 10.5. The molecule has 0 spiro atoms. The first kappa shape index (κ1) is 26.5. The van der Waals surface area contributed by atoms with Crippen LogP contribution >= 0.6 is 0 Å². The van der Waals surface area contributed by atoms with E-state index in [2.05, 4.69) is 29.0 Å². The molecule has 0 aliphatic carbocycles. The average Bonchev–Trinajstić information content (AvgIpc) is 3.07. The number of carbonyl (C=O) groups excluding carboxylic acids is 2. The predicted molar refractivity (Wildman–Crippen MR) is 155 cm³/mol. The molecule has 6 rings (SSSR count). The van der Waals surface area contributed by atoms with Gasteiger partial charge in [0, 0.05) is 17.0 Å². The van der Waals surface area contributed by atoms with Gasteiger partial charge in [0.15, 0.2) is 0 Å². The molecule has 8 nitrogen and oxygen atoms in total. The molecule has 2 amide bonds. The van der Waals surface area contributed by atoms with E-state index in [-0.39, 0.29) is 24.4 Å². The molecule has 4 aromatic rings. The first-order valence-corrected chi connectivity index (χ1v) is 13.8. The molecule has 0 saturated carbocycles. The topological polar surface area (TPSA) is 84.9 Å². The highest BCUT2D eigenvalue weighted by molar-refractivity contribution is 6.04. The number of carbonyl (C=O) groups is 2. The minimum absolute atomic E-state index is 0.0897. The Morgan fingerprint density at radius 1 is 0.902 bits per heavy atom. The minimum atomic E-state index is -1.05. The Balaban J connectivity index is 1.53. The SMILES string of the molecule is CCc1cccc(C23c4ccccc4N(Cc4ccc(OC)cc4)C(=O)CN2C(=O)C3Oc2nc(C)cc(C)n2)c1. The van der Waals surface area contributed by atoms with Crippen LogP contribution in [0.3, 0.4) is 0 Å². The Hall–Kier alpha value is -4.72. The standard InChI is InChI=1S/C33H32N4O4/c1-5-23-9-8-10-25(18-23)33-27-11-6-7-12-28(27)36(19-24-13-15-26(40-4)16-14-24)29(38)20-37(33)31(39)30(33)41-32-34-21(2)17-22(3)35-32/h6-18,30H,5,19-20H2,1-4H3. The first-order chi connectivity index (χ1) is 19.8. The van der Waals surface area contributed by atoms with Crippen molar-refractivity contribution in [2.75, 3.05) is 18.6 Å². The van der Waals surface area contributed by atoms with E-state index in [4.69, 9.17) is 9.47 Å². The second-order valence-electron chi connectivity index (χ2n) is 10.5. The van der Waals surface area contributed by atoms with Gasteiger partial charge in [-0.25, -0.2) is 9.97 Å². The lowest BCUT2D eigenvalue weighted by atomic mass is 9.69. The maximum atomic E-state index is 13.9. The maximum Gasteiger partial charge on any atom is 0.317 e. The molecule has 3 heterocycles. The molecule has 1 aromatic heterocycles. The highest BCUT2D eigenvalue weighted by Gasteiger charge is 2.67. The number of fused-ring (bicyclic) bond motifs is 3. The summed E-state index contributed by atoms with van der Waals surface area (Å²) in [5.74, 6) is 0.301. The van der Waals surface area contributed by atoms with Gasteiger partial charge in [0.1, 0.15) is 17.8 Å². The number of amides is 2. The number of benzene rings is 3. The third-order valence-electron chi connectivity index (χ3n) is 7.96. The lowest BCUT2D eigenvalue weighted by molar-refractivity contribution is -0.178. The third-order valence-corrected chi connectivity index (χ3v) is 7.96. The fraction of sp³-hybridized carbons (Fsp3) is 0.273. The van der Waals surface area contributed by atoms with Crippen molar-refractivity contribution in [1.29, 1.82) is 0 Å². The van der Waals surface area contributed by atoms with Crippen molar-refractivity contribution in [2.24, 2.45) is 0 Å². The quantitative estimate of drug-likeness (QED) is 0.310. The third kappa shape index (κ3) is 4.40. The number of hydrogen-bond donors (Lipinski definition) is 0. The van der Waals surface area contributed by atoms with Gasteiger partial charge in [-0.3, -0.25) is 9.59 Å². The Kier molecular flexibility index (Phi) is 6.69. The van der Waals surface area contributed by atoms with Crippen molar-refractivity contribution in [1.82, 2.24) is 14.9 Å². The Morgan fingerprint density at radius 2 is 1.63 bits per heavy atom. The number of ether oxygens (including phenoxy) is 2. The fourth-order valence-electron chi connectivity index (χ4n) is 6.01. The number of anilines is 1. The van der Waals surface area contributed by atoms with Gasteiger partial charge in [-0.05, 0) is 61.2 Å². The summed E-state index contributed by atoms with van der Waals surface area (Å²) in [7, 11) is 1.62. The Morgan fingerprint density at radius 3 is 2.34 bits per heavy atom. The molecule has 41 heavy (non-hydrogen) atoms. The molecule has 208 valence electrons. The maximum absolute atomic E-state index is 13.9. The summed E-state index contributed by atoms with van der Waals surface area (Å²) in [6.07, 6.45) is -0.126. The summed E-state index contributed by atoms with van der Waals surface area (Å²) in [6, 6.07) is 25.6. The molecule has 0 N–H and O–H groups in total. The van der Waals surface area contributed by atoms with Crippen molar-refractivity contribution < 1.29 is 19.1 Å². The number of aromatic nitrogens is 2. The van der Waals surface area contributed by atoms with E-state index in [1.54, 1.807) is 16.9 Å². The van der Waals surface area contributed by atoms with Crippen LogP contribution in [0, 0.1) is 13.8 Å². The summed E-state index contributed by atoms with van der Waals surface area (Å²) in [5.41, 5.74) is 4.97. The average molecular weight is 549 g/mol. The van der Waals surface area contributed by atoms with E-state index < -0.39 is 11.6 Å². The zero-order valence-corrected chi connectivity index (χ0v) is 23.6. The van der Waals surface area contributed by atoms with Crippen molar-refractivity contribution in [2.45, 2.75) is 45.4 Å². The molecule has 2 aliphatic heterocycles. The Labute approximate surface area is 239 Å². The Bertz CT molecular complexity index is 1620. The van der Waals surface area contributed by atoms with Gasteiger partial charge in [0.05, 0.1) is 19.3 Å². The smallest absolute Gasteiger partial charge is 0.317 e. The molecule has 0 radical (unpaired) electrons. The fourth-order valence-corrected chi connectivity index (χ4v) is 6.01. The summed E-state index contributed by atoms with van der Waals surface area (Å²) < 4.78 is 11.7. The van der Waals surface area contributed by atoms with Gasteiger partial charge in [-0.15, -0.1) is 0 Å². The zero-order chi connectivity index (χ0) is 28.7. The van der Waals surface area contributed by atoms with Crippen LogP contribution in [0.2, 0.25) is 0 Å². The van der Waals surface area contributed by atoms with Gasteiger partial charge in [0.2, 0.25) is 12.0 Å². The minimum Gasteiger partial charge on any atom is -0.497 e. The molecular formula is C33H32N4O4. The number of para-hydroxylation sites is 1. The summed E-state index contributed by atoms with van der Waals surface area (Å²) in [4.78, 5) is 40.2. The van der Waals surface area contributed by atoms with Crippen LogP contribution < -0.4 is 14.4 Å². The number of methoxy groups -OCH3 is 1. The molecule has 1 saturated heterocycles. The predicted octanol–water partition coefficient (Wildman–Crippen LogP) is 4.74. The van der Waals surface area contributed by atoms with Gasteiger partial charge in [0.25, 0.3) is 5.91 Å². The van der Waals surface area contributed by atoms with E-state index in [9.17, 15) is 9.59 Å². The van der Waals surface area contributed by atoms with Crippen molar-refractivity contribution in [3.05, 3.63) is 113 Å². The normalized spacial score (nSPS) is 19.7. The lowest BCUT2D eigenvalue weighted by Gasteiger charge is -2.56. The molecule has 8 heteroatoms. The largest absolute Gasteiger partial charge is 0.497 e. The molecule has 2 aliphatic rings. The van der Waals surface area contributed by atoms with E-state index in [1.807, 2.05) is 80.6 Å². The van der Waals surface area contributed by atoms with Crippen molar-refractivity contribution in [3.63, 3.8) is 0 Å². The number of nitrogens with zero attached hydrogens (tertiary/aromatic N) is 4. The number of aryl methyl sites for hydroxylation is 3. The number of rotatable bonds is 7. The van der Waals surface area contributed by atoms with Gasteiger partial charge in [-0.2, -0.15) is 0 Å². The number of hydrogen-bond acceptors (Lipinski definition) is 6. The zero-order valence-electron chi connectivity index (χ0n) is 23.6. The molecule has 1 fully saturated rings. The molecule has 2 unspecified atom stereocenters. The van der Waals surface area contributed by atoms with Crippen LogP contribution in [0.5, 0.6) is 11.8 Å². The van der Waals surface area contributed by atoms with Crippen LogP contribution in [0.1, 0.15) is 40.6 Å². The van der Waals surface area contributed by atoms with Crippen LogP contribution in [-0.4, -0.2) is 46.4 Å². The van der Waals surface area contributed by atoms with Gasteiger partial charge in [-0.1, -0.05) is 61.5 Å². The van der Waals surface area contributed by atoms with Gasteiger partial charge >= 0.3 is 6.01 Å². The van der Waals surface area contributed by atoms with E-state index in [0.717, 1.165) is 51.5 Å². The monoisotopic (exact) mass is 548 g/mol. The van der Waals surface area contributed by atoms with Crippen LogP contribution in [-0.2, 0) is 28.1 Å². The highest BCUT2D eigenvalue weighted by atomic mass is 16.5. The van der Waals surface area contributed by atoms with E-state index >= 15 is 0 Å². The summed E-state index contributed by atoms with van der Waals surface area (Å²) in [6.45, 7) is 6.09. The first-order valence-electron chi connectivity index (χ1n) is 13.8. The highest BCUT2D eigenvalue weighted by Crippen LogP contribution is 2.53.